The van der Waals surface area contributed by atoms with Crippen LogP contribution in [0.25, 0.3) is 0 Å². The zero-order chi connectivity index (χ0) is 23.1. The Bertz CT molecular complexity index is 1210. The first-order valence-corrected chi connectivity index (χ1v) is 12.6. The number of thioether (sulfide) groups is 1. The second-order valence-corrected chi connectivity index (χ2v) is 9.92. The lowest BCUT2D eigenvalue weighted by atomic mass is 10.1. The van der Waals surface area contributed by atoms with Gasteiger partial charge in [-0.15, -0.1) is 11.8 Å². The summed E-state index contributed by atoms with van der Waals surface area (Å²) in [5.74, 6) is -0.539. The monoisotopic (exact) mass is 467 g/mol. The second-order valence-electron chi connectivity index (χ2n) is 7.18. The molecule has 8 heteroatoms. The van der Waals surface area contributed by atoms with Crippen LogP contribution in [0.4, 0.5) is 5.69 Å². The molecule has 0 aliphatic rings. The minimum atomic E-state index is -3.96. The summed E-state index contributed by atoms with van der Waals surface area (Å²) in [5, 5.41) is 3.99. The average molecular weight is 468 g/mol. The number of anilines is 1. The average Bonchev–Trinajstić information content (AvgIpc) is 2.80. The highest BCUT2D eigenvalue weighted by molar-refractivity contribution is 7.98. The van der Waals surface area contributed by atoms with Crippen LogP contribution in [0, 0.1) is 13.8 Å². The number of nitrogens with zero attached hydrogens (tertiary/aromatic N) is 2. The van der Waals surface area contributed by atoms with Crippen LogP contribution in [0.3, 0.4) is 0 Å². The van der Waals surface area contributed by atoms with Gasteiger partial charge in [0, 0.05) is 4.90 Å². The summed E-state index contributed by atoms with van der Waals surface area (Å²) in [6, 6.07) is 21.3. The van der Waals surface area contributed by atoms with Gasteiger partial charge < -0.3 is 0 Å². The van der Waals surface area contributed by atoms with Gasteiger partial charge in [-0.2, -0.15) is 5.10 Å². The summed E-state index contributed by atoms with van der Waals surface area (Å²) in [6.07, 6.45) is 3.52. The maximum Gasteiger partial charge on any atom is 0.264 e. The minimum absolute atomic E-state index is 0.117. The summed E-state index contributed by atoms with van der Waals surface area (Å²) in [5.41, 5.74) is 5.37. The Hall–Kier alpha value is -3.10. The largest absolute Gasteiger partial charge is 0.271 e. The van der Waals surface area contributed by atoms with Gasteiger partial charge in [0.1, 0.15) is 6.54 Å². The van der Waals surface area contributed by atoms with E-state index in [1.807, 2.05) is 56.5 Å². The highest BCUT2D eigenvalue weighted by Crippen LogP contribution is 2.27. The fourth-order valence-corrected chi connectivity index (χ4v) is 4.95. The Morgan fingerprint density at radius 3 is 2.38 bits per heavy atom. The van der Waals surface area contributed by atoms with Crippen LogP contribution in [-0.2, 0) is 14.8 Å². The van der Waals surface area contributed by atoms with E-state index in [1.165, 1.54) is 18.3 Å². The number of amides is 1. The predicted octanol–water partition coefficient (Wildman–Crippen LogP) is 4.37. The molecule has 0 saturated carbocycles. The van der Waals surface area contributed by atoms with Gasteiger partial charge in [-0.25, -0.2) is 13.8 Å². The Morgan fingerprint density at radius 1 is 1.03 bits per heavy atom. The summed E-state index contributed by atoms with van der Waals surface area (Å²) in [6.45, 7) is 3.30. The number of carbonyl (C=O) groups excluding carboxylic acids is 1. The topological polar surface area (TPSA) is 78.8 Å². The van der Waals surface area contributed by atoms with E-state index in [9.17, 15) is 13.2 Å². The maximum atomic E-state index is 13.4. The first-order valence-electron chi connectivity index (χ1n) is 9.92. The van der Waals surface area contributed by atoms with Gasteiger partial charge in [0.15, 0.2) is 0 Å². The van der Waals surface area contributed by atoms with E-state index in [0.29, 0.717) is 5.69 Å². The number of sulfonamides is 1. The lowest BCUT2D eigenvalue weighted by Gasteiger charge is -2.25. The molecule has 0 saturated heterocycles. The quantitative estimate of drug-likeness (QED) is 0.303. The number of nitrogens with one attached hydrogen (secondary N) is 1. The molecular formula is C24H25N3O3S2. The van der Waals surface area contributed by atoms with Gasteiger partial charge in [0.2, 0.25) is 0 Å². The zero-order valence-electron chi connectivity index (χ0n) is 18.1. The molecule has 166 valence electrons. The molecule has 0 bridgehead atoms. The fourth-order valence-electron chi connectivity index (χ4n) is 3.04. The molecular weight excluding hydrogens is 442 g/mol. The van der Waals surface area contributed by atoms with Gasteiger partial charge in [-0.1, -0.05) is 42.5 Å². The van der Waals surface area contributed by atoms with Crippen molar-refractivity contribution < 1.29 is 13.2 Å². The SMILES string of the molecule is CSc1ccc(/C=N/NC(=O)CN(c2cc(C)ccc2C)S(=O)(=O)c2ccccc2)cc1. The molecule has 6 nitrogen and oxygen atoms in total. The smallest absolute Gasteiger partial charge is 0.264 e. The molecule has 0 radical (unpaired) electrons. The van der Waals surface area contributed by atoms with Gasteiger partial charge >= 0.3 is 0 Å². The van der Waals surface area contributed by atoms with Crippen LogP contribution in [0.1, 0.15) is 16.7 Å². The molecule has 3 rings (SSSR count). The van der Waals surface area contributed by atoms with Crippen molar-refractivity contribution in [1.29, 1.82) is 0 Å². The first-order chi connectivity index (χ1) is 15.3. The summed E-state index contributed by atoms with van der Waals surface area (Å²) >= 11 is 1.64. The number of aryl methyl sites for hydroxylation is 2. The predicted molar refractivity (Wildman–Crippen MR) is 131 cm³/mol. The van der Waals surface area contributed by atoms with E-state index < -0.39 is 22.5 Å². The maximum absolute atomic E-state index is 13.4. The molecule has 1 amide bonds. The van der Waals surface area contributed by atoms with Crippen LogP contribution in [0.15, 0.2) is 87.7 Å². The van der Waals surface area contributed by atoms with Crippen molar-refractivity contribution in [3.05, 3.63) is 89.5 Å². The van der Waals surface area contributed by atoms with Crippen molar-refractivity contribution in [2.75, 3.05) is 17.1 Å². The summed E-state index contributed by atoms with van der Waals surface area (Å²) < 4.78 is 27.9. The van der Waals surface area contributed by atoms with E-state index in [0.717, 1.165) is 25.9 Å². The molecule has 0 fully saturated rings. The van der Waals surface area contributed by atoms with Crippen molar-refractivity contribution >= 4 is 39.6 Å². The third kappa shape index (κ3) is 5.77. The van der Waals surface area contributed by atoms with Gasteiger partial charge in [-0.05, 0) is 67.1 Å². The molecule has 0 aromatic heterocycles. The van der Waals surface area contributed by atoms with E-state index >= 15 is 0 Å². The second kappa shape index (κ2) is 10.5. The van der Waals surface area contributed by atoms with Crippen LogP contribution < -0.4 is 9.73 Å². The molecule has 3 aromatic carbocycles. The fraction of sp³-hybridized carbons (Fsp3) is 0.167. The number of hydrogen-bond acceptors (Lipinski definition) is 5. The molecule has 0 atom stereocenters. The number of rotatable bonds is 8. The number of hydrazone groups is 1. The molecule has 0 aliphatic carbocycles. The summed E-state index contributed by atoms with van der Waals surface area (Å²) in [7, 11) is -3.96. The lowest BCUT2D eigenvalue weighted by molar-refractivity contribution is -0.119. The van der Waals surface area contributed by atoms with E-state index in [2.05, 4.69) is 10.5 Å². The van der Waals surface area contributed by atoms with Crippen LogP contribution in [-0.4, -0.2) is 33.3 Å². The van der Waals surface area contributed by atoms with Crippen LogP contribution >= 0.6 is 11.8 Å². The standard InChI is InChI=1S/C24H25N3O3S2/c1-18-9-10-19(2)23(15-18)27(32(29,30)22-7-5-4-6-8-22)17-24(28)26-25-16-20-11-13-21(31-3)14-12-20/h4-16H,17H2,1-3H3,(H,26,28)/b25-16+. The highest BCUT2D eigenvalue weighted by atomic mass is 32.2. The molecule has 32 heavy (non-hydrogen) atoms. The van der Waals surface area contributed by atoms with Crippen LogP contribution in [0.5, 0.6) is 0 Å². The first kappa shape index (κ1) is 23.6. The Balaban J connectivity index is 1.84. The molecule has 0 heterocycles. The highest BCUT2D eigenvalue weighted by Gasteiger charge is 2.28. The van der Waals surface area contributed by atoms with Crippen molar-refractivity contribution in [1.82, 2.24) is 5.43 Å². The third-order valence-electron chi connectivity index (χ3n) is 4.77. The molecule has 0 aliphatic heterocycles. The van der Waals surface area contributed by atoms with E-state index in [1.54, 1.807) is 36.0 Å². The molecule has 1 N–H and O–H groups in total. The van der Waals surface area contributed by atoms with E-state index in [-0.39, 0.29) is 4.90 Å². The Kier molecular flexibility index (Phi) is 7.71. The zero-order valence-corrected chi connectivity index (χ0v) is 19.8. The van der Waals surface area contributed by atoms with E-state index in [4.69, 9.17) is 0 Å². The third-order valence-corrected chi connectivity index (χ3v) is 7.29. The van der Waals surface area contributed by atoms with Crippen molar-refractivity contribution in [2.45, 2.75) is 23.6 Å². The summed E-state index contributed by atoms with van der Waals surface area (Å²) in [4.78, 5) is 13.9. The minimum Gasteiger partial charge on any atom is -0.271 e. The Labute approximate surface area is 193 Å². The number of hydrogen-bond donors (Lipinski definition) is 1. The lowest BCUT2D eigenvalue weighted by Crippen LogP contribution is -2.40. The number of carbonyl (C=O) groups is 1. The normalized spacial score (nSPS) is 11.5. The van der Waals surface area contributed by atoms with Gasteiger partial charge in [0.25, 0.3) is 15.9 Å². The molecule has 0 spiro atoms. The van der Waals surface area contributed by atoms with Crippen LogP contribution in [0.2, 0.25) is 0 Å². The van der Waals surface area contributed by atoms with Crippen molar-refractivity contribution in [3.63, 3.8) is 0 Å². The van der Waals surface area contributed by atoms with Crippen molar-refractivity contribution in [3.8, 4) is 0 Å². The number of benzene rings is 3. The van der Waals surface area contributed by atoms with Gasteiger partial charge in [-0.3, -0.25) is 9.10 Å². The van der Waals surface area contributed by atoms with Gasteiger partial charge in [0.05, 0.1) is 16.8 Å². The molecule has 3 aromatic rings. The Morgan fingerprint density at radius 2 is 1.72 bits per heavy atom. The van der Waals surface area contributed by atoms with Crippen molar-refractivity contribution in [2.24, 2.45) is 5.10 Å². The molecule has 0 unspecified atom stereocenters.